The average Bonchev–Trinajstić information content (AvgIpc) is 2.86. The van der Waals surface area contributed by atoms with E-state index >= 15 is 0 Å². The highest BCUT2D eigenvalue weighted by atomic mass is 15.2. The van der Waals surface area contributed by atoms with Crippen molar-refractivity contribution >= 4 is 0 Å². The highest BCUT2D eigenvalue weighted by Crippen LogP contribution is 2.41. The second-order valence-corrected chi connectivity index (χ2v) is 3.98. The molecule has 2 aliphatic rings. The van der Waals surface area contributed by atoms with Crippen molar-refractivity contribution in [1.29, 1.82) is 0 Å². The molecule has 0 amide bonds. The first-order valence-corrected chi connectivity index (χ1v) is 4.82. The molecule has 0 aromatic heterocycles. The maximum absolute atomic E-state index is 5.76. The second kappa shape index (κ2) is 2.76. The van der Waals surface area contributed by atoms with Crippen LogP contribution in [0.4, 0.5) is 0 Å². The molecule has 0 spiro atoms. The molecule has 0 bridgehead atoms. The summed E-state index contributed by atoms with van der Waals surface area (Å²) in [5, 5.41) is 0. The van der Waals surface area contributed by atoms with Crippen molar-refractivity contribution in [3.63, 3.8) is 0 Å². The molecule has 1 saturated carbocycles. The van der Waals surface area contributed by atoms with Gasteiger partial charge in [0, 0.05) is 12.1 Å². The van der Waals surface area contributed by atoms with Gasteiger partial charge in [0.25, 0.3) is 0 Å². The molecule has 1 saturated heterocycles. The van der Waals surface area contributed by atoms with Crippen molar-refractivity contribution in [3.05, 3.63) is 0 Å². The standard InChI is InChI=1S/C9H18N2/c10-8-9(4-5-9)11-6-2-1-3-7-11/h1-8,10H2. The maximum atomic E-state index is 5.76. The first-order chi connectivity index (χ1) is 5.37. The third-order valence-electron chi connectivity index (χ3n) is 3.23. The molecule has 2 N–H and O–H groups in total. The number of nitrogens with zero attached hydrogens (tertiary/aromatic N) is 1. The Morgan fingerprint density at radius 2 is 1.73 bits per heavy atom. The smallest absolute Gasteiger partial charge is 0.0333 e. The first kappa shape index (κ1) is 7.56. The van der Waals surface area contributed by atoms with Crippen LogP contribution in [0, 0.1) is 0 Å². The number of rotatable bonds is 2. The van der Waals surface area contributed by atoms with Crippen LogP contribution in [0.2, 0.25) is 0 Å². The van der Waals surface area contributed by atoms with Gasteiger partial charge in [-0.1, -0.05) is 6.42 Å². The molecule has 1 aliphatic carbocycles. The van der Waals surface area contributed by atoms with Crippen LogP contribution in [0.25, 0.3) is 0 Å². The third kappa shape index (κ3) is 1.30. The van der Waals surface area contributed by atoms with Crippen LogP contribution in [-0.4, -0.2) is 30.1 Å². The summed E-state index contributed by atoms with van der Waals surface area (Å²) in [6.07, 6.45) is 6.91. The Morgan fingerprint density at radius 3 is 2.18 bits per heavy atom. The highest BCUT2D eigenvalue weighted by molar-refractivity contribution is 5.05. The summed E-state index contributed by atoms with van der Waals surface area (Å²) in [6.45, 7) is 3.49. The van der Waals surface area contributed by atoms with Gasteiger partial charge in [-0.15, -0.1) is 0 Å². The summed E-state index contributed by atoms with van der Waals surface area (Å²) < 4.78 is 0. The van der Waals surface area contributed by atoms with Gasteiger partial charge in [-0.2, -0.15) is 0 Å². The van der Waals surface area contributed by atoms with E-state index in [1.54, 1.807) is 0 Å². The van der Waals surface area contributed by atoms with Crippen molar-refractivity contribution in [2.24, 2.45) is 5.73 Å². The molecule has 0 atom stereocenters. The van der Waals surface area contributed by atoms with Gasteiger partial charge >= 0.3 is 0 Å². The molecule has 0 aromatic carbocycles. The molecule has 64 valence electrons. The molecule has 0 aromatic rings. The fraction of sp³-hybridized carbons (Fsp3) is 1.00. The Morgan fingerprint density at radius 1 is 1.09 bits per heavy atom. The Balaban J connectivity index is 1.92. The monoisotopic (exact) mass is 154 g/mol. The summed E-state index contributed by atoms with van der Waals surface area (Å²) in [5.41, 5.74) is 6.23. The molecular formula is C9H18N2. The zero-order chi connectivity index (χ0) is 7.73. The predicted octanol–water partition coefficient (Wildman–Crippen LogP) is 0.964. The molecule has 0 radical (unpaired) electrons. The van der Waals surface area contributed by atoms with Crippen molar-refractivity contribution < 1.29 is 0 Å². The van der Waals surface area contributed by atoms with E-state index in [4.69, 9.17) is 5.73 Å². The van der Waals surface area contributed by atoms with Gasteiger partial charge < -0.3 is 5.73 Å². The Labute approximate surface area is 68.7 Å². The summed E-state index contributed by atoms with van der Waals surface area (Å²) in [4.78, 5) is 2.62. The SMILES string of the molecule is NCC1(N2CCCCC2)CC1. The molecule has 1 aliphatic heterocycles. The topological polar surface area (TPSA) is 29.3 Å². The van der Waals surface area contributed by atoms with Crippen molar-refractivity contribution in [1.82, 2.24) is 4.90 Å². The highest BCUT2D eigenvalue weighted by Gasteiger charge is 2.46. The van der Waals surface area contributed by atoms with Crippen LogP contribution in [0.5, 0.6) is 0 Å². The molecule has 0 unspecified atom stereocenters. The summed E-state index contributed by atoms with van der Waals surface area (Å²) in [5.74, 6) is 0. The average molecular weight is 154 g/mol. The molecular weight excluding hydrogens is 136 g/mol. The Kier molecular flexibility index (Phi) is 1.90. The number of hydrogen-bond donors (Lipinski definition) is 1. The van der Waals surface area contributed by atoms with Crippen LogP contribution >= 0.6 is 0 Å². The third-order valence-corrected chi connectivity index (χ3v) is 3.23. The van der Waals surface area contributed by atoms with E-state index in [9.17, 15) is 0 Å². The maximum Gasteiger partial charge on any atom is 0.0333 e. The van der Waals surface area contributed by atoms with Gasteiger partial charge in [0.05, 0.1) is 0 Å². The van der Waals surface area contributed by atoms with Gasteiger partial charge in [0.2, 0.25) is 0 Å². The number of hydrogen-bond acceptors (Lipinski definition) is 2. The molecule has 2 nitrogen and oxygen atoms in total. The van der Waals surface area contributed by atoms with E-state index in [0.717, 1.165) is 6.54 Å². The minimum Gasteiger partial charge on any atom is -0.329 e. The van der Waals surface area contributed by atoms with Gasteiger partial charge in [-0.05, 0) is 38.8 Å². The van der Waals surface area contributed by atoms with Crippen LogP contribution in [0.1, 0.15) is 32.1 Å². The van der Waals surface area contributed by atoms with E-state index in [-0.39, 0.29) is 0 Å². The van der Waals surface area contributed by atoms with Gasteiger partial charge in [-0.3, -0.25) is 4.90 Å². The Hall–Kier alpha value is -0.0800. The van der Waals surface area contributed by atoms with E-state index in [1.807, 2.05) is 0 Å². The number of likely N-dealkylation sites (tertiary alicyclic amines) is 1. The molecule has 1 heterocycles. The fourth-order valence-corrected chi connectivity index (χ4v) is 2.16. The normalized spacial score (nSPS) is 30.3. The zero-order valence-electron chi connectivity index (χ0n) is 7.18. The first-order valence-electron chi connectivity index (χ1n) is 4.82. The number of nitrogens with two attached hydrogens (primary N) is 1. The van der Waals surface area contributed by atoms with Gasteiger partial charge in [-0.25, -0.2) is 0 Å². The molecule has 2 rings (SSSR count). The Bertz CT molecular complexity index is 134. The lowest BCUT2D eigenvalue weighted by atomic mass is 10.1. The minimum absolute atomic E-state index is 0.473. The van der Waals surface area contributed by atoms with Gasteiger partial charge in [0.15, 0.2) is 0 Å². The largest absolute Gasteiger partial charge is 0.329 e. The fourth-order valence-electron chi connectivity index (χ4n) is 2.16. The van der Waals surface area contributed by atoms with E-state index in [1.165, 1.54) is 45.2 Å². The molecule has 2 fully saturated rings. The van der Waals surface area contributed by atoms with Crippen LogP contribution in [0.3, 0.4) is 0 Å². The zero-order valence-corrected chi connectivity index (χ0v) is 7.18. The van der Waals surface area contributed by atoms with Crippen molar-refractivity contribution in [2.45, 2.75) is 37.6 Å². The van der Waals surface area contributed by atoms with Gasteiger partial charge in [0.1, 0.15) is 0 Å². The van der Waals surface area contributed by atoms with Crippen LogP contribution in [-0.2, 0) is 0 Å². The van der Waals surface area contributed by atoms with Crippen LogP contribution in [0.15, 0.2) is 0 Å². The van der Waals surface area contributed by atoms with E-state index in [0.29, 0.717) is 5.54 Å². The predicted molar refractivity (Wildman–Crippen MR) is 46.4 cm³/mol. The van der Waals surface area contributed by atoms with E-state index in [2.05, 4.69) is 4.90 Å². The lowest BCUT2D eigenvalue weighted by Gasteiger charge is -2.34. The number of piperidine rings is 1. The van der Waals surface area contributed by atoms with E-state index < -0.39 is 0 Å². The lowest BCUT2D eigenvalue weighted by Crippen LogP contribution is -2.45. The lowest BCUT2D eigenvalue weighted by molar-refractivity contribution is 0.150. The van der Waals surface area contributed by atoms with Crippen molar-refractivity contribution in [2.75, 3.05) is 19.6 Å². The quantitative estimate of drug-likeness (QED) is 0.642. The molecule has 11 heavy (non-hydrogen) atoms. The minimum atomic E-state index is 0.473. The van der Waals surface area contributed by atoms with Crippen molar-refractivity contribution in [3.8, 4) is 0 Å². The summed E-state index contributed by atoms with van der Waals surface area (Å²) in [6, 6.07) is 0. The molecule has 2 heteroatoms. The van der Waals surface area contributed by atoms with Crippen LogP contribution < -0.4 is 5.73 Å². The second-order valence-electron chi connectivity index (χ2n) is 3.98. The summed E-state index contributed by atoms with van der Waals surface area (Å²) >= 11 is 0. The summed E-state index contributed by atoms with van der Waals surface area (Å²) in [7, 11) is 0.